The maximum atomic E-state index is 12.7. The molecule has 1 aliphatic heterocycles. The number of aromatic nitrogens is 2. The van der Waals surface area contributed by atoms with E-state index in [0.29, 0.717) is 17.6 Å². The van der Waals surface area contributed by atoms with Crippen LogP contribution in [-0.2, 0) is 0 Å². The molecule has 0 bridgehead atoms. The lowest BCUT2D eigenvalue weighted by molar-refractivity contribution is 0.308. The molecule has 27 heavy (non-hydrogen) atoms. The van der Waals surface area contributed by atoms with Gasteiger partial charge in [0.05, 0.1) is 12.8 Å². The average Bonchev–Trinajstić information content (AvgIpc) is 2.68. The Kier molecular flexibility index (Phi) is 4.66. The molecule has 1 aliphatic carbocycles. The lowest BCUT2D eigenvalue weighted by atomic mass is 9.91. The predicted molar refractivity (Wildman–Crippen MR) is 106 cm³/mol. The lowest BCUT2D eigenvalue weighted by Gasteiger charge is -2.32. The predicted octanol–water partition coefficient (Wildman–Crippen LogP) is 3.31. The number of fused-ring (bicyclic) bond motifs is 1. The standard InChI is InChI=1S/C20H23N5O2/c1-13-12-17(26)25-18(14-8-4-3-5-9-14)23-19(24-20(25)21-13)22-15-10-6-7-11-16(15)27-2/h3-4,6-7,10-12,14,18H,5,8-9H2,1-2H3,(H2,21,22,23,24)/t14-,18+/m1/s1. The molecule has 2 atom stereocenters. The molecular weight excluding hydrogens is 342 g/mol. The Morgan fingerprint density at radius 1 is 1.30 bits per heavy atom. The third-order valence-electron chi connectivity index (χ3n) is 4.93. The van der Waals surface area contributed by atoms with Crippen LogP contribution in [0.1, 0.15) is 31.1 Å². The first kappa shape index (κ1) is 17.3. The molecule has 140 valence electrons. The minimum absolute atomic E-state index is 0.0790. The van der Waals surface area contributed by atoms with Gasteiger partial charge >= 0.3 is 0 Å². The van der Waals surface area contributed by atoms with Crippen LogP contribution >= 0.6 is 0 Å². The molecule has 0 saturated carbocycles. The van der Waals surface area contributed by atoms with Crippen molar-refractivity contribution in [1.82, 2.24) is 9.55 Å². The molecule has 0 unspecified atom stereocenters. The van der Waals surface area contributed by atoms with Crippen molar-refractivity contribution in [2.24, 2.45) is 10.9 Å². The number of nitrogens with one attached hydrogen (secondary N) is 2. The zero-order valence-corrected chi connectivity index (χ0v) is 15.5. The molecule has 7 heteroatoms. The highest BCUT2D eigenvalue weighted by molar-refractivity contribution is 6.04. The average molecular weight is 365 g/mol. The van der Waals surface area contributed by atoms with E-state index in [1.54, 1.807) is 17.7 Å². The van der Waals surface area contributed by atoms with Gasteiger partial charge < -0.3 is 10.1 Å². The number of methoxy groups -OCH3 is 1. The van der Waals surface area contributed by atoms with Crippen LogP contribution in [0.4, 0.5) is 11.6 Å². The van der Waals surface area contributed by atoms with E-state index in [1.807, 2.05) is 31.2 Å². The first-order valence-electron chi connectivity index (χ1n) is 9.16. The summed E-state index contributed by atoms with van der Waals surface area (Å²) >= 11 is 0. The largest absolute Gasteiger partial charge is 0.495 e. The first-order chi connectivity index (χ1) is 13.2. The van der Waals surface area contributed by atoms with E-state index in [1.165, 1.54) is 0 Å². The zero-order chi connectivity index (χ0) is 18.8. The Labute approximate surface area is 157 Å². The summed E-state index contributed by atoms with van der Waals surface area (Å²) in [6.07, 6.45) is 6.96. The number of para-hydroxylation sites is 2. The fourth-order valence-electron chi connectivity index (χ4n) is 3.62. The summed E-state index contributed by atoms with van der Waals surface area (Å²) in [5.41, 5.74) is 1.40. The molecule has 0 saturated heterocycles. The smallest absolute Gasteiger partial charge is 0.256 e. The van der Waals surface area contributed by atoms with Crippen molar-refractivity contribution in [2.45, 2.75) is 32.4 Å². The monoisotopic (exact) mass is 365 g/mol. The van der Waals surface area contributed by atoms with Gasteiger partial charge in [-0.2, -0.15) is 0 Å². The number of hydrogen-bond donors (Lipinski definition) is 2. The highest BCUT2D eigenvalue weighted by Gasteiger charge is 2.30. The highest BCUT2D eigenvalue weighted by Crippen LogP contribution is 2.34. The molecule has 0 amide bonds. The quantitative estimate of drug-likeness (QED) is 0.816. The zero-order valence-electron chi connectivity index (χ0n) is 15.5. The van der Waals surface area contributed by atoms with E-state index < -0.39 is 0 Å². The van der Waals surface area contributed by atoms with Gasteiger partial charge in [-0.15, -0.1) is 0 Å². The lowest BCUT2D eigenvalue weighted by Crippen LogP contribution is -2.40. The van der Waals surface area contributed by atoms with Gasteiger partial charge in [0.1, 0.15) is 11.9 Å². The molecule has 4 rings (SSSR count). The van der Waals surface area contributed by atoms with Crippen LogP contribution in [0.15, 0.2) is 52.3 Å². The fraction of sp³-hybridized carbons (Fsp3) is 0.350. The van der Waals surface area contributed by atoms with Crippen LogP contribution in [0.5, 0.6) is 5.75 Å². The number of aliphatic imine (C=N–C) groups is 1. The van der Waals surface area contributed by atoms with Gasteiger partial charge in [-0.1, -0.05) is 24.3 Å². The number of ether oxygens (including phenoxy) is 1. The molecule has 0 radical (unpaired) electrons. The molecule has 2 aliphatic rings. The molecule has 7 nitrogen and oxygen atoms in total. The Hall–Kier alpha value is -3.09. The van der Waals surface area contributed by atoms with Crippen LogP contribution in [-0.4, -0.2) is 22.6 Å². The molecular formula is C20H23N5O2. The van der Waals surface area contributed by atoms with Crippen molar-refractivity contribution >= 4 is 17.6 Å². The fourth-order valence-corrected chi connectivity index (χ4v) is 3.62. The van der Waals surface area contributed by atoms with Crippen molar-refractivity contribution in [3.05, 3.63) is 58.5 Å². The highest BCUT2D eigenvalue weighted by atomic mass is 16.5. The molecule has 1 aromatic heterocycles. The van der Waals surface area contributed by atoms with Gasteiger partial charge in [0.2, 0.25) is 11.9 Å². The van der Waals surface area contributed by atoms with Crippen molar-refractivity contribution in [2.75, 3.05) is 17.7 Å². The second kappa shape index (κ2) is 7.26. The summed E-state index contributed by atoms with van der Waals surface area (Å²) in [4.78, 5) is 22.0. The number of nitrogens with zero attached hydrogens (tertiary/aromatic N) is 3. The summed E-state index contributed by atoms with van der Waals surface area (Å²) in [6.45, 7) is 1.82. The van der Waals surface area contributed by atoms with E-state index in [4.69, 9.17) is 9.73 Å². The Balaban J connectivity index is 1.73. The number of hydrogen-bond acceptors (Lipinski definition) is 6. The van der Waals surface area contributed by atoms with Gasteiger partial charge in [0, 0.05) is 17.7 Å². The number of guanidine groups is 1. The van der Waals surface area contributed by atoms with Gasteiger partial charge in [-0.3, -0.25) is 14.7 Å². The molecule has 1 aromatic carbocycles. The number of anilines is 2. The summed E-state index contributed by atoms with van der Waals surface area (Å²) in [5, 5.41) is 6.45. The van der Waals surface area contributed by atoms with Crippen LogP contribution < -0.4 is 20.9 Å². The second-order valence-corrected chi connectivity index (χ2v) is 6.82. The molecule has 0 fully saturated rings. The van der Waals surface area contributed by atoms with Gasteiger partial charge in [0.15, 0.2) is 0 Å². The van der Waals surface area contributed by atoms with Gasteiger partial charge in [0.25, 0.3) is 5.56 Å². The van der Waals surface area contributed by atoms with Crippen LogP contribution in [0.3, 0.4) is 0 Å². The SMILES string of the molecule is COc1ccccc1NC1=N[C@H]([C@@H]2CC=CCC2)n2c(nc(C)cc2=O)N1. The minimum Gasteiger partial charge on any atom is -0.495 e. The minimum atomic E-state index is -0.288. The van der Waals surface area contributed by atoms with Gasteiger partial charge in [-0.25, -0.2) is 9.98 Å². The van der Waals surface area contributed by atoms with E-state index >= 15 is 0 Å². The summed E-state index contributed by atoms with van der Waals surface area (Å²) < 4.78 is 7.08. The molecule has 2 N–H and O–H groups in total. The normalized spacial score (nSPS) is 21.0. The Morgan fingerprint density at radius 2 is 2.15 bits per heavy atom. The first-order valence-corrected chi connectivity index (χ1v) is 9.16. The maximum Gasteiger partial charge on any atom is 0.256 e. The van der Waals surface area contributed by atoms with Crippen molar-refractivity contribution < 1.29 is 4.74 Å². The summed E-state index contributed by atoms with van der Waals surface area (Å²) in [7, 11) is 1.63. The second-order valence-electron chi connectivity index (χ2n) is 6.82. The third-order valence-corrected chi connectivity index (χ3v) is 4.93. The Bertz CT molecular complexity index is 963. The molecule has 2 aromatic rings. The van der Waals surface area contributed by atoms with E-state index in [2.05, 4.69) is 27.8 Å². The summed E-state index contributed by atoms with van der Waals surface area (Å²) in [5.74, 6) is 2.07. The van der Waals surface area contributed by atoms with Gasteiger partial charge in [-0.05, 0) is 38.3 Å². The van der Waals surface area contributed by atoms with Crippen LogP contribution in [0.25, 0.3) is 0 Å². The third kappa shape index (κ3) is 3.45. The number of aryl methyl sites for hydroxylation is 1. The van der Waals surface area contributed by atoms with Crippen LogP contribution in [0.2, 0.25) is 0 Å². The number of benzene rings is 1. The van der Waals surface area contributed by atoms with E-state index in [0.717, 1.165) is 30.7 Å². The molecule has 2 heterocycles. The van der Waals surface area contributed by atoms with Crippen molar-refractivity contribution in [3.63, 3.8) is 0 Å². The van der Waals surface area contributed by atoms with Crippen molar-refractivity contribution in [1.29, 1.82) is 0 Å². The number of rotatable bonds is 3. The Morgan fingerprint density at radius 3 is 2.93 bits per heavy atom. The van der Waals surface area contributed by atoms with Crippen LogP contribution in [0, 0.1) is 12.8 Å². The van der Waals surface area contributed by atoms with E-state index in [-0.39, 0.29) is 17.6 Å². The summed E-state index contributed by atoms with van der Waals surface area (Å²) in [6, 6.07) is 9.21. The number of allylic oxidation sites excluding steroid dienone is 2. The maximum absolute atomic E-state index is 12.7. The topological polar surface area (TPSA) is 80.5 Å². The van der Waals surface area contributed by atoms with E-state index in [9.17, 15) is 4.79 Å². The molecule has 0 spiro atoms. The van der Waals surface area contributed by atoms with Crippen molar-refractivity contribution in [3.8, 4) is 5.75 Å².